The first-order chi connectivity index (χ1) is 10.6. The van der Waals surface area contributed by atoms with Crippen LogP contribution >= 0.6 is 24.8 Å². The number of hydrogen-bond donors (Lipinski definition) is 3. The molecule has 1 aliphatic rings. The number of carbonyl (C=O) groups excluding carboxylic acids is 1. The largest absolute Gasteiger partial charge is 0.391 e. The maximum atomic E-state index is 12.2. The van der Waals surface area contributed by atoms with Gasteiger partial charge >= 0.3 is 0 Å². The van der Waals surface area contributed by atoms with Gasteiger partial charge in [-0.1, -0.05) is 20.3 Å². The van der Waals surface area contributed by atoms with Crippen LogP contribution in [0.1, 0.15) is 39.5 Å². The first-order valence-electron chi connectivity index (χ1n) is 8.59. The predicted octanol–water partition coefficient (Wildman–Crippen LogP) is 1.18. The minimum atomic E-state index is -0.602. The van der Waals surface area contributed by atoms with Gasteiger partial charge in [0.1, 0.15) is 0 Å². The van der Waals surface area contributed by atoms with Gasteiger partial charge in [0.25, 0.3) is 0 Å². The number of ether oxygens (including phenoxy) is 1. The molecule has 3 atom stereocenters. The monoisotopic (exact) mass is 387 g/mol. The molecule has 0 aromatic carbocycles. The summed E-state index contributed by atoms with van der Waals surface area (Å²) in [5.74, 6) is -0.138. The van der Waals surface area contributed by atoms with Gasteiger partial charge in [0.05, 0.1) is 19.3 Å². The van der Waals surface area contributed by atoms with Crippen LogP contribution in [-0.4, -0.2) is 67.5 Å². The van der Waals surface area contributed by atoms with E-state index in [1.54, 1.807) is 0 Å². The van der Waals surface area contributed by atoms with Gasteiger partial charge in [0.15, 0.2) is 0 Å². The Morgan fingerprint density at radius 2 is 1.92 bits per heavy atom. The summed E-state index contributed by atoms with van der Waals surface area (Å²) in [4.78, 5) is 14.5. The molecule has 146 valence electrons. The van der Waals surface area contributed by atoms with E-state index < -0.39 is 6.10 Å². The Hall–Kier alpha value is -0.110. The van der Waals surface area contributed by atoms with Crippen molar-refractivity contribution >= 4 is 30.7 Å². The smallest absolute Gasteiger partial charge is 0.223 e. The van der Waals surface area contributed by atoms with Crippen molar-refractivity contribution in [3.8, 4) is 0 Å². The highest BCUT2D eigenvalue weighted by molar-refractivity contribution is 5.85. The fourth-order valence-electron chi connectivity index (χ4n) is 2.76. The van der Waals surface area contributed by atoms with Crippen LogP contribution in [0.25, 0.3) is 0 Å². The summed E-state index contributed by atoms with van der Waals surface area (Å²) in [5.41, 5.74) is 5.93. The van der Waals surface area contributed by atoms with Crippen molar-refractivity contribution in [3.05, 3.63) is 0 Å². The lowest BCUT2D eigenvalue weighted by Gasteiger charge is -2.27. The summed E-state index contributed by atoms with van der Waals surface area (Å²) in [6.45, 7) is 8.91. The molecule has 0 spiro atoms. The molecule has 0 aliphatic carbocycles. The minimum absolute atomic E-state index is 0. The highest BCUT2D eigenvalue weighted by Gasteiger charge is 2.23. The number of nitrogens with zero attached hydrogens (tertiary/aromatic N) is 1. The van der Waals surface area contributed by atoms with Crippen molar-refractivity contribution in [2.45, 2.75) is 51.7 Å². The van der Waals surface area contributed by atoms with E-state index in [1.807, 2.05) is 13.8 Å². The maximum absolute atomic E-state index is 12.2. The third-order valence-electron chi connectivity index (χ3n) is 4.34. The molecule has 1 heterocycles. The summed E-state index contributed by atoms with van der Waals surface area (Å²) in [6.07, 6.45) is 2.30. The molecular weight excluding hydrogens is 353 g/mol. The number of aliphatic hydroxyl groups excluding tert-OH is 1. The maximum Gasteiger partial charge on any atom is 0.223 e. The zero-order valence-corrected chi connectivity index (χ0v) is 16.5. The molecule has 6 nitrogen and oxygen atoms in total. The molecule has 1 fully saturated rings. The van der Waals surface area contributed by atoms with Gasteiger partial charge in [-0.2, -0.15) is 0 Å². The van der Waals surface area contributed by atoms with Crippen molar-refractivity contribution in [1.29, 1.82) is 0 Å². The zero-order chi connectivity index (χ0) is 16.4. The van der Waals surface area contributed by atoms with E-state index in [2.05, 4.69) is 10.2 Å². The molecule has 0 bridgehead atoms. The van der Waals surface area contributed by atoms with Gasteiger partial charge in [0, 0.05) is 38.1 Å². The van der Waals surface area contributed by atoms with E-state index in [4.69, 9.17) is 10.5 Å². The summed E-state index contributed by atoms with van der Waals surface area (Å²) < 4.78 is 5.30. The van der Waals surface area contributed by atoms with E-state index >= 15 is 0 Å². The van der Waals surface area contributed by atoms with E-state index in [-0.39, 0.29) is 42.7 Å². The van der Waals surface area contributed by atoms with Crippen LogP contribution < -0.4 is 11.1 Å². The van der Waals surface area contributed by atoms with E-state index in [0.29, 0.717) is 13.0 Å². The molecular formula is C16H35Cl2N3O3. The number of nitrogens with one attached hydrogen (secondary N) is 1. The molecule has 1 unspecified atom stereocenters. The van der Waals surface area contributed by atoms with Crippen LogP contribution in [0, 0.1) is 5.92 Å². The number of amides is 1. The lowest BCUT2D eigenvalue weighted by Crippen LogP contribution is -2.43. The predicted molar refractivity (Wildman–Crippen MR) is 102 cm³/mol. The van der Waals surface area contributed by atoms with Gasteiger partial charge in [-0.3, -0.25) is 9.69 Å². The fraction of sp³-hybridized carbons (Fsp3) is 0.938. The van der Waals surface area contributed by atoms with Gasteiger partial charge in [-0.25, -0.2) is 0 Å². The topological polar surface area (TPSA) is 87.8 Å². The third-order valence-corrected chi connectivity index (χ3v) is 4.34. The molecule has 1 saturated heterocycles. The molecule has 0 saturated carbocycles. The highest BCUT2D eigenvalue weighted by atomic mass is 35.5. The number of morpholine rings is 1. The van der Waals surface area contributed by atoms with Crippen LogP contribution in [0.2, 0.25) is 0 Å². The standard InChI is InChI=1S/C16H33N3O3.2ClH/c1-3-5-14(17)15(20)12-13(4-2)16(21)18-6-7-19-8-10-22-11-9-19;;/h13-15,20H,3-12,17H2,1-2H3,(H,18,21);2*1H/t13?,14-,15-;;/m0../s1. The molecule has 4 N–H and O–H groups in total. The highest BCUT2D eigenvalue weighted by Crippen LogP contribution is 2.15. The quantitative estimate of drug-likeness (QED) is 0.523. The average Bonchev–Trinajstić information content (AvgIpc) is 2.53. The van der Waals surface area contributed by atoms with Gasteiger partial charge in [-0.15, -0.1) is 24.8 Å². The number of nitrogens with two attached hydrogens (primary N) is 1. The number of halogens is 2. The number of rotatable bonds is 10. The second kappa shape index (κ2) is 15.2. The van der Waals surface area contributed by atoms with E-state index in [9.17, 15) is 9.90 Å². The molecule has 24 heavy (non-hydrogen) atoms. The first kappa shape index (κ1) is 26.1. The second-order valence-electron chi connectivity index (χ2n) is 6.11. The Kier molecular flexibility index (Phi) is 16.5. The summed E-state index contributed by atoms with van der Waals surface area (Å²) in [7, 11) is 0. The SMILES string of the molecule is CCC[C@H](N)[C@@H](O)CC(CC)C(=O)NCCN1CCOCC1.Cl.Cl. The van der Waals surface area contributed by atoms with Crippen LogP contribution in [0.4, 0.5) is 0 Å². The Bertz CT molecular complexity index is 319. The van der Waals surface area contributed by atoms with Crippen LogP contribution in [0.5, 0.6) is 0 Å². The fourth-order valence-corrected chi connectivity index (χ4v) is 2.76. The van der Waals surface area contributed by atoms with Gasteiger partial charge < -0.3 is 20.9 Å². The average molecular weight is 388 g/mol. The van der Waals surface area contributed by atoms with Crippen LogP contribution in [0.3, 0.4) is 0 Å². The van der Waals surface area contributed by atoms with Crippen molar-refractivity contribution < 1.29 is 14.6 Å². The van der Waals surface area contributed by atoms with Crippen molar-refractivity contribution in [1.82, 2.24) is 10.2 Å². The molecule has 1 rings (SSSR count). The Balaban J connectivity index is 0. The molecule has 0 aromatic heterocycles. The molecule has 0 radical (unpaired) electrons. The second-order valence-corrected chi connectivity index (χ2v) is 6.11. The zero-order valence-electron chi connectivity index (χ0n) is 14.9. The third kappa shape index (κ3) is 10.0. The molecule has 0 aromatic rings. The van der Waals surface area contributed by atoms with Crippen LogP contribution in [0.15, 0.2) is 0 Å². The normalized spacial score (nSPS) is 18.7. The van der Waals surface area contributed by atoms with E-state index in [1.165, 1.54) is 0 Å². The molecule has 1 aliphatic heterocycles. The van der Waals surface area contributed by atoms with Crippen molar-refractivity contribution in [2.75, 3.05) is 39.4 Å². The Morgan fingerprint density at radius 3 is 2.46 bits per heavy atom. The Morgan fingerprint density at radius 1 is 1.29 bits per heavy atom. The molecule has 8 heteroatoms. The lowest BCUT2D eigenvalue weighted by molar-refractivity contribution is -0.126. The van der Waals surface area contributed by atoms with Crippen molar-refractivity contribution in [3.63, 3.8) is 0 Å². The van der Waals surface area contributed by atoms with Crippen LogP contribution in [-0.2, 0) is 9.53 Å². The minimum Gasteiger partial charge on any atom is -0.391 e. The summed E-state index contributed by atoms with van der Waals surface area (Å²) in [6, 6.07) is -0.236. The van der Waals surface area contributed by atoms with Crippen molar-refractivity contribution in [2.24, 2.45) is 11.7 Å². The number of hydrogen-bond acceptors (Lipinski definition) is 5. The first-order valence-corrected chi connectivity index (χ1v) is 8.59. The van der Waals surface area contributed by atoms with E-state index in [0.717, 1.165) is 52.1 Å². The summed E-state index contributed by atoms with van der Waals surface area (Å²) >= 11 is 0. The molecule has 1 amide bonds. The Labute approximate surface area is 158 Å². The lowest BCUT2D eigenvalue weighted by atomic mass is 9.93. The van der Waals surface area contributed by atoms with Gasteiger partial charge in [-0.05, 0) is 19.3 Å². The van der Waals surface area contributed by atoms with Gasteiger partial charge in [0.2, 0.25) is 5.91 Å². The number of carbonyl (C=O) groups is 1. The number of aliphatic hydroxyl groups is 1. The summed E-state index contributed by atoms with van der Waals surface area (Å²) in [5, 5.41) is 13.1.